The van der Waals surface area contributed by atoms with Crippen molar-refractivity contribution in [3.05, 3.63) is 71.0 Å². The number of aromatic nitrogens is 1. The van der Waals surface area contributed by atoms with Crippen LogP contribution in [0.25, 0.3) is 10.9 Å². The molecule has 2 aromatic rings. The largest absolute Gasteiger partial charge is 0.378 e. The lowest BCUT2D eigenvalue weighted by atomic mass is 9.91. The Bertz CT molecular complexity index is 1540. The van der Waals surface area contributed by atoms with Crippen LogP contribution in [0.3, 0.4) is 0 Å². The quantitative estimate of drug-likeness (QED) is 0.553. The highest BCUT2D eigenvalue weighted by atomic mass is 32.2. The van der Waals surface area contributed by atoms with Crippen molar-refractivity contribution in [1.29, 1.82) is 0 Å². The average molecular weight is 568 g/mol. The number of morpholine rings is 1. The SMILES string of the molecule is C=C/C=C1/C=C(C(=O)N2CCOCC2)Cn2c(c(C(C)CC)c3ccc(C(=O)NS(=O)(=O)N(C)C)cc32)C1=NC. The first-order valence-electron chi connectivity index (χ1n) is 13.3. The molecular weight excluding hydrogens is 530 g/mol. The maximum Gasteiger partial charge on any atom is 0.303 e. The molecule has 0 radical (unpaired) electrons. The third-order valence-electron chi connectivity index (χ3n) is 7.42. The molecule has 2 aliphatic rings. The Morgan fingerprint density at radius 3 is 2.55 bits per heavy atom. The number of hydrogen-bond donors (Lipinski definition) is 1. The minimum absolute atomic E-state index is 0.0838. The molecule has 2 amide bonds. The van der Waals surface area contributed by atoms with E-state index in [0.29, 0.717) is 31.9 Å². The molecule has 0 spiro atoms. The summed E-state index contributed by atoms with van der Waals surface area (Å²) in [6, 6.07) is 5.18. The van der Waals surface area contributed by atoms with Crippen molar-refractivity contribution in [3.63, 3.8) is 0 Å². The highest BCUT2D eigenvalue weighted by molar-refractivity contribution is 7.87. The maximum atomic E-state index is 13.7. The van der Waals surface area contributed by atoms with E-state index in [0.717, 1.165) is 44.2 Å². The minimum Gasteiger partial charge on any atom is -0.378 e. The van der Waals surface area contributed by atoms with Crippen molar-refractivity contribution < 1.29 is 22.7 Å². The van der Waals surface area contributed by atoms with Crippen LogP contribution in [0.5, 0.6) is 0 Å². The molecule has 4 rings (SSSR count). The summed E-state index contributed by atoms with van der Waals surface area (Å²) >= 11 is 0. The molecule has 11 heteroatoms. The molecule has 0 saturated carbocycles. The van der Waals surface area contributed by atoms with Crippen LogP contribution in [0, 0.1) is 0 Å². The first-order chi connectivity index (χ1) is 19.0. The number of hydrogen-bond acceptors (Lipinski definition) is 6. The van der Waals surface area contributed by atoms with Gasteiger partial charge in [-0.05, 0) is 36.1 Å². The van der Waals surface area contributed by atoms with Gasteiger partial charge in [-0.15, -0.1) is 0 Å². The molecule has 1 unspecified atom stereocenters. The molecule has 40 heavy (non-hydrogen) atoms. The molecule has 1 aromatic carbocycles. The summed E-state index contributed by atoms with van der Waals surface area (Å²) in [7, 11) is 0.454. The van der Waals surface area contributed by atoms with Crippen molar-refractivity contribution in [2.75, 3.05) is 47.4 Å². The third kappa shape index (κ3) is 5.54. The van der Waals surface area contributed by atoms with Gasteiger partial charge in [-0.3, -0.25) is 14.6 Å². The first-order valence-corrected chi connectivity index (χ1v) is 14.8. The van der Waals surface area contributed by atoms with Crippen LogP contribution in [-0.4, -0.2) is 87.2 Å². The van der Waals surface area contributed by atoms with Crippen LogP contribution in [0.2, 0.25) is 0 Å². The van der Waals surface area contributed by atoms with Crippen molar-refractivity contribution in [1.82, 2.24) is 18.5 Å². The van der Waals surface area contributed by atoms with Gasteiger partial charge in [0, 0.05) is 61.8 Å². The van der Waals surface area contributed by atoms with Crippen molar-refractivity contribution >= 4 is 38.6 Å². The highest BCUT2D eigenvalue weighted by Crippen LogP contribution is 2.38. The van der Waals surface area contributed by atoms with Gasteiger partial charge in [-0.25, -0.2) is 4.72 Å². The predicted molar refractivity (Wildman–Crippen MR) is 157 cm³/mol. The summed E-state index contributed by atoms with van der Waals surface area (Å²) in [6.07, 6.45) is 6.28. The topological polar surface area (TPSA) is 113 Å². The molecular formula is C29H37N5O5S. The number of allylic oxidation sites excluding steroid dienone is 4. The summed E-state index contributed by atoms with van der Waals surface area (Å²) in [6.45, 7) is 10.4. The molecule has 2 aliphatic heterocycles. The number of carbonyl (C=O) groups is 2. The smallest absolute Gasteiger partial charge is 0.303 e. The first kappa shape index (κ1) is 29.4. The second kappa shape index (κ2) is 11.9. The number of carbonyl (C=O) groups excluding carboxylic acids is 2. The van der Waals surface area contributed by atoms with E-state index in [4.69, 9.17) is 4.74 Å². The Morgan fingerprint density at radius 2 is 1.95 bits per heavy atom. The number of nitrogens with zero attached hydrogens (tertiary/aromatic N) is 4. The van der Waals surface area contributed by atoms with Crippen LogP contribution in [0.15, 0.2) is 59.1 Å². The molecule has 1 aromatic heterocycles. The molecule has 1 saturated heterocycles. The van der Waals surface area contributed by atoms with Crippen LogP contribution in [0.4, 0.5) is 0 Å². The fourth-order valence-electron chi connectivity index (χ4n) is 5.10. The lowest BCUT2D eigenvalue weighted by Crippen LogP contribution is -2.41. The van der Waals surface area contributed by atoms with E-state index in [9.17, 15) is 18.0 Å². The van der Waals surface area contributed by atoms with E-state index in [1.165, 1.54) is 14.1 Å². The van der Waals surface area contributed by atoms with Crippen LogP contribution >= 0.6 is 0 Å². The Balaban J connectivity index is 1.96. The molecule has 1 N–H and O–H groups in total. The Kier molecular flexibility index (Phi) is 8.77. The third-order valence-corrected chi connectivity index (χ3v) is 8.83. The van der Waals surface area contributed by atoms with Gasteiger partial charge in [0.15, 0.2) is 0 Å². The van der Waals surface area contributed by atoms with Gasteiger partial charge in [0.2, 0.25) is 0 Å². The van der Waals surface area contributed by atoms with Gasteiger partial charge in [0.1, 0.15) is 0 Å². The number of ether oxygens (including phenoxy) is 1. The number of rotatable bonds is 7. The Labute approximate surface area is 235 Å². The van der Waals surface area contributed by atoms with Gasteiger partial charge < -0.3 is 14.2 Å². The zero-order valence-electron chi connectivity index (χ0n) is 23.7. The van der Waals surface area contributed by atoms with Crippen molar-refractivity contribution in [2.24, 2.45) is 4.99 Å². The van der Waals surface area contributed by atoms with E-state index in [2.05, 4.69) is 30.1 Å². The zero-order chi connectivity index (χ0) is 29.2. The van der Waals surface area contributed by atoms with Crippen molar-refractivity contribution in [3.8, 4) is 0 Å². The number of nitrogens with one attached hydrogen (secondary N) is 1. The van der Waals surface area contributed by atoms with E-state index in [1.54, 1.807) is 30.2 Å². The van der Waals surface area contributed by atoms with E-state index < -0.39 is 16.1 Å². The molecule has 0 aliphatic carbocycles. The summed E-state index contributed by atoms with van der Waals surface area (Å²) in [5.74, 6) is -0.674. The number of benzene rings is 1. The predicted octanol–water partition coefficient (Wildman–Crippen LogP) is 3.02. The molecule has 10 nitrogen and oxygen atoms in total. The zero-order valence-corrected chi connectivity index (χ0v) is 24.5. The van der Waals surface area contributed by atoms with Crippen LogP contribution in [0.1, 0.15) is 47.8 Å². The molecule has 1 atom stereocenters. The second-order valence-electron chi connectivity index (χ2n) is 10.1. The van der Waals surface area contributed by atoms with Crippen molar-refractivity contribution in [2.45, 2.75) is 32.7 Å². The summed E-state index contributed by atoms with van der Waals surface area (Å²) in [5.41, 5.74) is 4.93. The van der Waals surface area contributed by atoms with E-state index in [-0.39, 0.29) is 23.9 Å². The Morgan fingerprint density at radius 1 is 1.25 bits per heavy atom. The molecule has 214 valence electrons. The summed E-state index contributed by atoms with van der Waals surface area (Å²) in [4.78, 5) is 33.2. The van der Waals surface area contributed by atoms with Gasteiger partial charge in [0.05, 0.1) is 31.2 Å². The summed E-state index contributed by atoms with van der Waals surface area (Å²) in [5, 5.41) is 0.926. The summed E-state index contributed by atoms with van der Waals surface area (Å²) < 4.78 is 35.2. The van der Waals surface area contributed by atoms with E-state index in [1.807, 2.05) is 22.8 Å². The number of fused-ring (bicyclic) bond motifs is 3. The monoisotopic (exact) mass is 567 g/mol. The Hall–Kier alpha value is -3.54. The van der Waals surface area contributed by atoms with E-state index >= 15 is 0 Å². The molecule has 1 fully saturated rings. The normalized spacial score (nSPS) is 18.9. The van der Waals surface area contributed by atoms with Gasteiger partial charge in [-0.1, -0.05) is 38.6 Å². The molecule has 3 heterocycles. The average Bonchev–Trinajstić information content (AvgIpc) is 3.15. The fourth-order valence-corrected chi connectivity index (χ4v) is 5.64. The second-order valence-corrected chi connectivity index (χ2v) is 12.0. The highest BCUT2D eigenvalue weighted by Gasteiger charge is 2.31. The minimum atomic E-state index is -3.97. The maximum absolute atomic E-state index is 13.7. The van der Waals surface area contributed by atoms with Gasteiger partial charge >= 0.3 is 10.2 Å². The fraction of sp³-hybridized carbons (Fsp3) is 0.414. The number of amides is 2. The molecule has 0 bridgehead atoms. The standard InChI is InChI=1S/C29H37N5O5S/c1-7-9-20-16-22(29(36)33-12-14-39-15-13-33)18-34-24-17-21(28(35)31-40(37,38)32(5)6)10-11-23(24)25(19(3)8-2)27(34)26(20)30-4/h7,9-11,16-17,19H,1,8,12-15,18H2,2-6H3,(H,31,35)/b20-9-,30-26?. The van der Waals surface area contributed by atoms with Crippen LogP contribution < -0.4 is 4.72 Å². The van der Waals surface area contributed by atoms with Gasteiger partial charge in [0.25, 0.3) is 11.8 Å². The number of aliphatic imine (C=N–C) groups is 1. The van der Waals surface area contributed by atoms with Crippen LogP contribution in [-0.2, 0) is 26.3 Å². The lowest BCUT2D eigenvalue weighted by molar-refractivity contribution is -0.131. The lowest BCUT2D eigenvalue weighted by Gasteiger charge is -2.28. The van der Waals surface area contributed by atoms with Gasteiger partial charge in [-0.2, -0.15) is 12.7 Å².